The van der Waals surface area contributed by atoms with Crippen LogP contribution in [0.2, 0.25) is 0 Å². The molecule has 2 N–H and O–H groups in total. The van der Waals surface area contributed by atoms with Gasteiger partial charge in [-0.1, -0.05) is 44.2 Å². The zero-order chi connectivity index (χ0) is 16.7. The van der Waals surface area contributed by atoms with Crippen molar-refractivity contribution in [2.24, 2.45) is 0 Å². The van der Waals surface area contributed by atoms with Crippen LogP contribution in [-0.2, 0) is 11.2 Å². The van der Waals surface area contributed by atoms with E-state index in [0.29, 0.717) is 5.92 Å². The number of rotatable bonds is 4. The molecule has 1 aromatic heterocycles. The van der Waals surface area contributed by atoms with Gasteiger partial charge >= 0.3 is 0 Å². The zero-order valence-corrected chi connectivity index (χ0v) is 14.0. The van der Waals surface area contributed by atoms with Gasteiger partial charge in [-0.15, -0.1) is 0 Å². The standard InChI is InChI=1S/C20H21N3O/c1-3-14-16-11-13(8-9-17(16)21-20(14)24)10-12(2)19-15-6-4-5-7-18(15)22-23-19/h4-9,11-12,14H,3,10H2,1-2H3,(H,21,24)(H,22,23). The maximum atomic E-state index is 12.0. The smallest absolute Gasteiger partial charge is 0.231 e. The number of hydrogen-bond acceptors (Lipinski definition) is 2. The summed E-state index contributed by atoms with van der Waals surface area (Å²) >= 11 is 0. The summed E-state index contributed by atoms with van der Waals surface area (Å²) in [6, 6.07) is 14.5. The number of fused-ring (bicyclic) bond motifs is 2. The number of benzene rings is 2. The Bertz CT molecular complexity index is 912. The first-order valence-corrected chi connectivity index (χ1v) is 8.54. The lowest BCUT2D eigenvalue weighted by Gasteiger charge is -2.12. The van der Waals surface area contributed by atoms with E-state index < -0.39 is 0 Å². The van der Waals surface area contributed by atoms with Crippen molar-refractivity contribution in [3.05, 3.63) is 59.3 Å². The van der Waals surface area contributed by atoms with Crippen LogP contribution < -0.4 is 5.32 Å². The predicted molar refractivity (Wildman–Crippen MR) is 96.3 cm³/mol. The summed E-state index contributed by atoms with van der Waals surface area (Å²) in [7, 11) is 0. The highest BCUT2D eigenvalue weighted by atomic mass is 16.2. The summed E-state index contributed by atoms with van der Waals surface area (Å²) in [5, 5.41) is 11.8. The van der Waals surface area contributed by atoms with Gasteiger partial charge in [-0.25, -0.2) is 0 Å². The molecular formula is C20H21N3O. The van der Waals surface area contributed by atoms with Crippen molar-refractivity contribution in [2.75, 3.05) is 5.32 Å². The van der Waals surface area contributed by atoms with Crippen molar-refractivity contribution < 1.29 is 4.79 Å². The molecule has 2 heterocycles. The molecule has 0 bridgehead atoms. The number of aromatic nitrogens is 2. The highest BCUT2D eigenvalue weighted by molar-refractivity contribution is 6.02. The van der Waals surface area contributed by atoms with Gasteiger partial charge in [-0.2, -0.15) is 5.10 Å². The highest BCUT2D eigenvalue weighted by Gasteiger charge is 2.29. The first kappa shape index (κ1) is 14.9. The van der Waals surface area contributed by atoms with E-state index in [9.17, 15) is 4.79 Å². The molecule has 4 rings (SSSR count). The van der Waals surface area contributed by atoms with Gasteiger partial charge in [0.1, 0.15) is 0 Å². The van der Waals surface area contributed by atoms with Crippen molar-refractivity contribution in [1.82, 2.24) is 10.2 Å². The maximum Gasteiger partial charge on any atom is 0.231 e. The quantitative estimate of drug-likeness (QED) is 0.751. The lowest BCUT2D eigenvalue weighted by Crippen LogP contribution is -2.10. The number of aromatic amines is 1. The summed E-state index contributed by atoms with van der Waals surface area (Å²) in [6.45, 7) is 4.28. The van der Waals surface area contributed by atoms with Crippen LogP contribution >= 0.6 is 0 Å². The molecule has 0 saturated carbocycles. The normalized spacial score (nSPS) is 17.8. The summed E-state index contributed by atoms with van der Waals surface area (Å²) in [6.07, 6.45) is 1.76. The lowest BCUT2D eigenvalue weighted by molar-refractivity contribution is -0.117. The third-order valence-corrected chi connectivity index (χ3v) is 5.00. The van der Waals surface area contributed by atoms with Crippen molar-refractivity contribution >= 4 is 22.5 Å². The molecule has 2 aromatic carbocycles. The van der Waals surface area contributed by atoms with E-state index in [-0.39, 0.29) is 11.8 Å². The van der Waals surface area contributed by atoms with E-state index in [1.807, 2.05) is 24.3 Å². The molecule has 2 atom stereocenters. The minimum Gasteiger partial charge on any atom is -0.325 e. The van der Waals surface area contributed by atoms with Gasteiger partial charge in [0.2, 0.25) is 5.91 Å². The average Bonchev–Trinajstić information content (AvgIpc) is 3.14. The molecule has 24 heavy (non-hydrogen) atoms. The van der Waals surface area contributed by atoms with Gasteiger partial charge in [0.25, 0.3) is 0 Å². The number of H-pyrrole nitrogens is 1. The van der Waals surface area contributed by atoms with Crippen molar-refractivity contribution in [3.63, 3.8) is 0 Å². The largest absolute Gasteiger partial charge is 0.325 e. The van der Waals surface area contributed by atoms with Crippen LogP contribution in [0, 0.1) is 0 Å². The number of hydrogen-bond donors (Lipinski definition) is 2. The molecule has 0 spiro atoms. The fraction of sp³-hybridized carbons (Fsp3) is 0.300. The van der Waals surface area contributed by atoms with Crippen LogP contribution in [-0.4, -0.2) is 16.1 Å². The highest BCUT2D eigenvalue weighted by Crippen LogP contribution is 2.36. The Morgan fingerprint density at radius 2 is 2.04 bits per heavy atom. The first-order valence-electron chi connectivity index (χ1n) is 8.54. The van der Waals surface area contributed by atoms with Crippen LogP contribution in [0.15, 0.2) is 42.5 Å². The number of carbonyl (C=O) groups is 1. The van der Waals surface area contributed by atoms with E-state index in [0.717, 1.165) is 29.6 Å². The molecule has 0 saturated heterocycles. The number of amides is 1. The molecule has 1 aliphatic rings. The Morgan fingerprint density at radius 3 is 2.88 bits per heavy atom. The SMILES string of the molecule is CCC1C(=O)Nc2ccc(CC(C)c3[nH]nc4ccccc34)cc21. The van der Waals surface area contributed by atoms with E-state index in [2.05, 4.69) is 47.6 Å². The van der Waals surface area contributed by atoms with Gasteiger partial charge in [0, 0.05) is 22.7 Å². The third-order valence-electron chi connectivity index (χ3n) is 5.00. The van der Waals surface area contributed by atoms with Crippen molar-refractivity contribution in [3.8, 4) is 0 Å². The van der Waals surface area contributed by atoms with Crippen LogP contribution in [0.3, 0.4) is 0 Å². The second-order valence-corrected chi connectivity index (χ2v) is 6.63. The summed E-state index contributed by atoms with van der Waals surface area (Å²) in [5.41, 5.74) is 5.55. The Kier molecular flexibility index (Phi) is 3.60. The molecule has 1 aliphatic heterocycles. The first-order chi connectivity index (χ1) is 11.7. The van der Waals surface area contributed by atoms with Gasteiger partial charge < -0.3 is 5.32 Å². The molecule has 3 aromatic rings. The maximum absolute atomic E-state index is 12.0. The number of para-hydroxylation sites is 1. The van der Waals surface area contributed by atoms with Crippen molar-refractivity contribution in [2.45, 2.75) is 38.5 Å². The Hall–Kier alpha value is -2.62. The molecule has 4 heteroatoms. The fourth-order valence-electron chi connectivity index (χ4n) is 3.72. The second kappa shape index (κ2) is 5.78. The topological polar surface area (TPSA) is 57.8 Å². The van der Waals surface area contributed by atoms with Crippen LogP contribution in [0.1, 0.15) is 48.9 Å². The van der Waals surface area contributed by atoms with Crippen LogP contribution in [0.5, 0.6) is 0 Å². The van der Waals surface area contributed by atoms with Crippen LogP contribution in [0.25, 0.3) is 10.9 Å². The molecule has 0 radical (unpaired) electrons. The van der Waals surface area contributed by atoms with Gasteiger partial charge in [0.05, 0.1) is 11.4 Å². The summed E-state index contributed by atoms with van der Waals surface area (Å²) < 4.78 is 0. The Morgan fingerprint density at radius 1 is 1.21 bits per heavy atom. The number of carbonyl (C=O) groups excluding carboxylic acids is 1. The number of anilines is 1. The van der Waals surface area contributed by atoms with Crippen molar-refractivity contribution in [1.29, 1.82) is 0 Å². The lowest BCUT2D eigenvalue weighted by atomic mass is 9.91. The Labute approximate surface area is 141 Å². The molecule has 4 nitrogen and oxygen atoms in total. The third kappa shape index (κ3) is 2.39. The number of nitrogens with one attached hydrogen (secondary N) is 2. The minimum atomic E-state index is -0.0109. The average molecular weight is 319 g/mol. The second-order valence-electron chi connectivity index (χ2n) is 6.63. The van der Waals surface area contributed by atoms with Gasteiger partial charge in [0.15, 0.2) is 0 Å². The molecule has 2 unspecified atom stereocenters. The predicted octanol–water partition coefficient (Wildman–Crippen LogP) is 4.35. The van der Waals surface area contributed by atoms with E-state index in [4.69, 9.17) is 0 Å². The van der Waals surface area contributed by atoms with Crippen LogP contribution in [0.4, 0.5) is 5.69 Å². The molecule has 0 fully saturated rings. The van der Waals surface area contributed by atoms with E-state index in [1.54, 1.807) is 0 Å². The summed E-state index contributed by atoms with van der Waals surface area (Å²) in [4.78, 5) is 12.0. The summed E-state index contributed by atoms with van der Waals surface area (Å²) in [5.74, 6) is 0.445. The number of nitrogens with zero attached hydrogens (tertiary/aromatic N) is 1. The van der Waals surface area contributed by atoms with E-state index >= 15 is 0 Å². The Balaban J connectivity index is 1.62. The minimum absolute atomic E-state index is 0.0109. The monoisotopic (exact) mass is 319 g/mol. The molecular weight excluding hydrogens is 298 g/mol. The molecule has 122 valence electrons. The zero-order valence-electron chi connectivity index (χ0n) is 14.0. The van der Waals surface area contributed by atoms with Gasteiger partial charge in [-0.3, -0.25) is 9.89 Å². The van der Waals surface area contributed by atoms with E-state index in [1.165, 1.54) is 16.6 Å². The molecule has 1 amide bonds. The molecule has 0 aliphatic carbocycles. The fourth-order valence-corrected chi connectivity index (χ4v) is 3.72. The van der Waals surface area contributed by atoms with Gasteiger partial charge in [-0.05, 0) is 36.1 Å².